The van der Waals surface area contributed by atoms with E-state index in [2.05, 4.69) is 33.0 Å². The molecule has 1 aromatic heterocycles. The molecule has 0 saturated heterocycles. The van der Waals surface area contributed by atoms with Gasteiger partial charge in [-0.3, -0.25) is 9.59 Å². The first-order valence-electron chi connectivity index (χ1n) is 11.9. The number of nitrogens with zero attached hydrogens (tertiary/aromatic N) is 3. The number of hydrogen-bond donors (Lipinski definition) is 1. The van der Waals surface area contributed by atoms with Crippen molar-refractivity contribution < 1.29 is 9.59 Å². The fourth-order valence-corrected chi connectivity index (χ4v) is 4.30. The minimum atomic E-state index is -0.140. The van der Waals surface area contributed by atoms with E-state index >= 15 is 0 Å². The summed E-state index contributed by atoms with van der Waals surface area (Å²) in [5.41, 5.74) is 4.43. The Balaban J connectivity index is 1.87. The Bertz CT molecular complexity index is 1120. The summed E-state index contributed by atoms with van der Waals surface area (Å²) in [5, 5.41) is 3.00. The summed E-state index contributed by atoms with van der Waals surface area (Å²) in [6.45, 7) is 12.8. The lowest BCUT2D eigenvalue weighted by Crippen LogP contribution is -2.46. The zero-order valence-corrected chi connectivity index (χ0v) is 20.7. The molecular weight excluding hydrogens is 412 g/mol. The summed E-state index contributed by atoms with van der Waals surface area (Å²) >= 11 is 0. The molecule has 1 N–H and O–H groups in total. The van der Waals surface area contributed by atoms with Gasteiger partial charge in [-0.05, 0) is 64.3 Å². The molecule has 2 amide bonds. The van der Waals surface area contributed by atoms with E-state index in [1.165, 1.54) is 0 Å². The smallest absolute Gasteiger partial charge is 0.251 e. The van der Waals surface area contributed by atoms with Gasteiger partial charge in [0, 0.05) is 17.6 Å². The average Bonchev–Trinajstić information content (AvgIpc) is 3.14. The molecule has 0 radical (unpaired) electrons. The highest BCUT2D eigenvalue weighted by atomic mass is 16.2. The quantitative estimate of drug-likeness (QED) is 0.500. The molecule has 0 aliphatic carbocycles. The van der Waals surface area contributed by atoms with E-state index < -0.39 is 0 Å². The number of aryl methyl sites for hydroxylation is 2. The topological polar surface area (TPSA) is 67.2 Å². The predicted molar refractivity (Wildman–Crippen MR) is 133 cm³/mol. The Morgan fingerprint density at radius 3 is 2.33 bits per heavy atom. The van der Waals surface area contributed by atoms with Gasteiger partial charge in [-0.25, -0.2) is 4.98 Å². The van der Waals surface area contributed by atoms with Gasteiger partial charge < -0.3 is 14.8 Å². The molecule has 1 heterocycles. The minimum absolute atomic E-state index is 0.0730. The van der Waals surface area contributed by atoms with E-state index in [0.717, 1.165) is 35.0 Å². The van der Waals surface area contributed by atoms with Gasteiger partial charge in [-0.2, -0.15) is 0 Å². The fourth-order valence-electron chi connectivity index (χ4n) is 4.30. The number of carbonyl (C=O) groups excluding carboxylic acids is 2. The largest absolute Gasteiger partial charge is 0.345 e. The lowest BCUT2D eigenvalue weighted by molar-refractivity contribution is -0.136. The van der Waals surface area contributed by atoms with E-state index in [1.807, 2.05) is 65.8 Å². The van der Waals surface area contributed by atoms with Crippen LogP contribution in [0.4, 0.5) is 0 Å². The summed E-state index contributed by atoms with van der Waals surface area (Å²) in [6.07, 6.45) is 1.80. The molecule has 2 aromatic carbocycles. The monoisotopic (exact) mass is 448 g/mol. The van der Waals surface area contributed by atoms with Crippen molar-refractivity contribution in [1.82, 2.24) is 19.8 Å². The number of fused-ring (bicyclic) bond motifs is 1. The molecule has 2 atom stereocenters. The highest BCUT2D eigenvalue weighted by molar-refractivity contribution is 5.95. The average molecular weight is 449 g/mol. The van der Waals surface area contributed by atoms with Crippen LogP contribution in [0.25, 0.3) is 11.0 Å². The molecule has 0 saturated carbocycles. The van der Waals surface area contributed by atoms with Crippen molar-refractivity contribution in [3.8, 4) is 0 Å². The van der Waals surface area contributed by atoms with Crippen LogP contribution < -0.4 is 5.32 Å². The summed E-state index contributed by atoms with van der Waals surface area (Å²) in [6, 6.07) is 13.9. The van der Waals surface area contributed by atoms with Crippen molar-refractivity contribution in [2.45, 2.75) is 79.6 Å². The van der Waals surface area contributed by atoms with Crippen molar-refractivity contribution in [1.29, 1.82) is 0 Å². The van der Waals surface area contributed by atoms with Crippen LogP contribution >= 0.6 is 0 Å². The van der Waals surface area contributed by atoms with Gasteiger partial charge in [-0.1, -0.05) is 43.7 Å². The standard InChI is InChI=1S/C27H36N4O2/c1-7-20(5)31(21(6)8-2)26(32)17-30-24-12-10-9-11-23(24)29-25(30)16-28-27(33)22-14-13-18(3)15-19(22)4/h9-15,20-21H,7-8,16-17H2,1-6H3,(H,28,33). The maximum absolute atomic E-state index is 13.4. The zero-order valence-electron chi connectivity index (χ0n) is 20.7. The molecule has 0 spiro atoms. The van der Waals surface area contributed by atoms with Crippen molar-refractivity contribution in [2.75, 3.05) is 0 Å². The number of aromatic nitrogens is 2. The predicted octanol–water partition coefficient (Wildman–Crippen LogP) is 5.01. The van der Waals surface area contributed by atoms with Crippen LogP contribution in [0.15, 0.2) is 42.5 Å². The Hall–Kier alpha value is -3.15. The Morgan fingerprint density at radius 2 is 1.70 bits per heavy atom. The van der Waals surface area contributed by atoms with E-state index in [4.69, 9.17) is 4.98 Å². The molecule has 6 nitrogen and oxygen atoms in total. The van der Waals surface area contributed by atoms with Gasteiger partial charge >= 0.3 is 0 Å². The molecule has 176 valence electrons. The molecule has 3 aromatic rings. The Labute approximate surface area is 197 Å². The second kappa shape index (κ2) is 10.6. The summed E-state index contributed by atoms with van der Waals surface area (Å²) < 4.78 is 1.94. The van der Waals surface area contributed by atoms with Crippen LogP contribution in [0.1, 0.15) is 67.8 Å². The van der Waals surface area contributed by atoms with Gasteiger partial charge in [0.25, 0.3) is 5.91 Å². The van der Waals surface area contributed by atoms with Crippen molar-refractivity contribution in [2.24, 2.45) is 0 Å². The van der Waals surface area contributed by atoms with Crippen LogP contribution in [0.2, 0.25) is 0 Å². The zero-order chi connectivity index (χ0) is 24.1. The molecule has 0 aliphatic heterocycles. The van der Waals surface area contributed by atoms with E-state index in [1.54, 1.807) is 0 Å². The van der Waals surface area contributed by atoms with Crippen LogP contribution in [0, 0.1) is 13.8 Å². The third kappa shape index (κ3) is 5.44. The number of carbonyl (C=O) groups is 2. The molecule has 0 bridgehead atoms. The SMILES string of the molecule is CCC(C)N(C(=O)Cn1c(CNC(=O)c2ccc(C)cc2C)nc2ccccc21)C(C)CC. The van der Waals surface area contributed by atoms with E-state index in [9.17, 15) is 9.59 Å². The molecule has 33 heavy (non-hydrogen) atoms. The third-order valence-electron chi connectivity index (χ3n) is 6.48. The second-order valence-corrected chi connectivity index (χ2v) is 8.92. The second-order valence-electron chi connectivity index (χ2n) is 8.92. The van der Waals surface area contributed by atoms with Gasteiger partial charge in [-0.15, -0.1) is 0 Å². The minimum Gasteiger partial charge on any atom is -0.345 e. The lowest BCUT2D eigenvalue weighted by atomic mass is 10.1. The molecule has 6 heteroatoms. The maximum atomic E-state index is 13.4. The number of imidazole rings is 1. The van der Waals surface area contributed by atoms with E-state index in [0.29, 0.717) is 11.4 Å². The summed E-state index contributed by atoms with van der Waals surface area (Å²) in [4.78, 5) is 33.0. The number of para-hydroxylation sites is 2. The highest BCUT2D eigenvalue weighted by Crippen LogP contribution is 2.19. The third-order valence-corrected chi connectivity index (χ3v) is 6.48. The first kappa shape index (κ1) is 24.5. The maximum Gasteiger partial charge on any atom is 0.251 e. The number of rotatable bonds is 9. The van der Waals surface area contributed by atoms with E-state index in [-0.39, 0.29) is 37.0 Å². The first-order chi connectivity index (χ1) is 15.8. The molecule has 2 unspecified atom stereocenters. The van der Waals surface area contributed by atoms with Gasteiger partial charge in [0.05, 0.1) is 17.6 Å². The lowest BCUT2D eigenvalue weighted by Gasteiger charge is -2.34. The summed E-state index contributed by atoms with van der Waals surface area (Å²) in [5.74, 6) is 0.609. The Kier molecular flexibility index (Phi) is 7.90. The number of benzene rings is 2. The fraction of sp³-hybridized carbons (Fsp3) is 0.444. The molecule has 0 fully saturated rings. The van der Waals surface area contributed by atoms with Gasteiger partial charge in [0.1, 0.15) is 12.4 Å². The van der Waals surface area contributed by atoms with Crippen molar-refractivity contribution >= 4 is 22.8 Å². The number of hydrogen-bond acceptors (Lipinski definition) is 3. The normalized spacial score (nSPS) is 13.0. The van der Waals surface area contributed by atoms with Gasteiger partial charge in [0.2, 0.25) is 5.91 Å². The number of nitrogens with one attached hydrogen (secondary N) is 1. The van der Waals surface area contributed by atoms with Crippen LogP contribution in [-0.4, -0.2) is 38.3 Å². The van der Waals surface area contributed by atoms with Crippen molar-refractivity contribution in [3.63, 3.8) is 0 Å². The highest BCUT2D eigenvalue weighted by Gasteiger charge is 2.25. The number of amides is 2. The van der Waals surface area contributed by atoms with Gasteiger partial charge in [0.15, 0.2) is 0 Å². The first-order valence-corrected chi connectivity index (χ1v) is 11.9. The molecular formula is C27H36N4O2. The summed E-state index contributed by atoms with van der Waals surface area (Å²) in [7, 11) is 0. The van der Waals surface area contributed by atoms with Crippen LogP contribution in [0.5, 0.6) is 0 Å². The van der Waals surface area contributed by atoms with Crippen molar-refractivity contribution in [3.05, 3.63) is 65.0 Å². The van der Waals surface area contributed by atoms with Crippen LogP contribution in [0.3, 0.4) is 0 Å². The Morgan fingerprint density at radius 1 is 1.03 bits per heavy atom. The molecule has 3 rings (SSSR count). The molecule has 0 aliphatic rings. The van der Waals surface area contributed by atoms with Crippen LogP contribution in [-0.2, 0) is 17.9 Å².